The molecule has 0 amide bonds. The Kier molecular flexibility index (Phi) is 6.14. The van der Waals surface area contributed by atoms with Gasteiger partial charge in [-0.3, -0.25) is 4.79 Å². The molecule has 134 valence electrons. The molecular formula is C20H19ClN2O2S. The molecule has 0 spiro atoms. The van der Waals surface area contributed by atoms with Crippen LogP contribution >= 0.6 is 23.4 Å². The molecule has 26 heavy (non-hydrogen) atoms. The van der Waals surface area contributed by atoms with Gasteiger partial charge in [0.25, 0.3) is 0 Å². The number of nitrogens with zero attached hydrogens (tertiary/aromatic N) is 2. The molecule has 3 rings (SSSR count). The molecule has 0 unspecified atom stereocenters. The first-order chi connectivity index (χ1) is 12.6. The Balaban J connectivity index is 1.74. The molecule has 0 atom stereocenters. The van der Waals surface area contributed by atoms with Crippen molar-refractivity contribution in [3.8, 4) is 0 Å². The van der Waals surface area contributed by atoms with E-state index >= 15 is 0 Å². The number of carbonyl (C=O) groups is 1. The van der Waals surface area contributed by atoms with E-state index in [1.54, 1.807) is 30.5 Å². The Hall–Kier alpha value is -2.08. The highest BCUT2D eigenvalue weighted by Gasteiger charge is 2.13. The summed E-state index contributed by atoms with van der Waals surface area (Å²) in [5.74, 6) is 0.291. The lowest BCUT2D eigenvalue weighted by Gasteiger charge is -2.11. The molecule has 0 fully saturated rings. The van der Waals surface area contributed by atoms with Crippen LogP contribution in [0.5, 0.6) is 0 Å². The van der Waals surface area contributed by atoms with Gasteiger partial charge in [-0.05, 0) is 36.8 Å². The Morgan fingerprint density at radius 3 is 2.69 bits per heavy atom. The predicted molar refractivity (Wildman–Crippen MR) is 105 cm³/mol. The number of ketones is 1. The van der Waals surface area contributed by atoms with Crippen molar-refractivity contribution < 1.29 is 9.90 Å². The molecular weight excluding hydrogens is 368 g/mol. The summed E-state index contributed by atoms with van der Waals surface area (Å²) in [6.07, 6.45) is 1.66. The fourth-order valence-corrected chi connectivity index (χ4v) is 3.66. The van der Waals surface area contributed by atoms with Crippen LogP contribution in [0.1, 0.15) is 27.2 Å². The van der Waals surface area contributed by atoms with Crippen molar-refractivity contribution in [2.24, 2.45) is 0 Å². The first kappa shape index (κ1) is 18.7. The van der Waals surface area contributed by atoms with Crippen LogP contribution in [0.15, 0.2) is 59.9 Å². The van der Waals surface area contributed by atoms with Crippen LogP contribution in [0.3, 0.4) is 0 Å². The van der Waals surface area contributed by atoms with Crippen molar-refractivity contribution in [3.63, 3.8) is 0 Å². The van der Waals surface area contributed by atoms with Gasteiger partial charge in [0.2, 0.25) is 0 Å². The maximum absolute atomic E-state index is 12.4. The Bertz CT molecular complexity index is 906. The molecule has 0 aliphatic rings. The van der Waals surface area contributed by atoms with E-state index in [0.717, 1.165) is 16.4 Å². The largest absolute Gasteiger partial charge is 0.390 e. The second-order valence-corrected chi connectivity index (χ2v) is 7.36. The molecule has 0 bridgehead atoms. The molecule has 0 radical (unpaired) electrons. The normalized spacial score (nSPS) is 10.9. The second-order valence-electron chi connectivity index (χ2n) is 5.98. The average molecular weight is 387 g/mol. The number of rotatable bonds is 7. The van der Waals surface area contributed by atoms with Crippen molar-refractivity contribution in [1.82, 2.24) is 9.55 Å². The smallest absolute Gasteiger partial charge is 0.173 e. The summed E-state index contributed by atoms with van der Waals surface area (Å²) < 4.78 is 1.95. The molecule has 1 N–H and O–H groups in total. The van der Waals surface area contributed by atoms with Gasteiger partial charge in [-0.25, -0.2) is 4.98 Å². The van der Waals surface area contributed by atoms with Crippen molar-refractivity contribution >= 4 is 29.1 Å². The zero-order valence-corrected chi connectivity index (χ0v) is 15.9. The third-order valence-corrected chi connectivity index (χ3v) is 5.23. The first-order valence-corrected chi connectivity index (χ1v) is 9.55. The third-order valence-electron chi connectivity index (χ3n) is 3.99. The van der Waals surface area contributed by atoms with E-state index in [4.69, 9.17) is 11.6 Å². The minimum atomic E-state index is -0.0928. The van der Waals surface area contributed by atoms with Crippen molar-refractivity contribution in [1.29, 1.82) is 0 Å². The fourth-order valence-electron chi connectivity index (χ4n) is 2.64. The number of aliphatic hydroxyl groups is 1. The van der Waals surface area contributed by atoms with Gasteiger partial charge in [-0.15, -0.1) is 0 Å². The summed E-state index contributed by atoms with van der Waals surface area (Å²) in [6, 6.07) is 15.1. The van der Waals surface area contributed by atoms with Gasteiger partial charge in [0.1, 0.15) is 0 Å². The molecule has 1 aromatic heterocycles. The van der Waals surface area contributed by atoms with Crippen molar-refractivity contribution in [3.05, 3.63) is 82.1 Å². The summed E-state index contributed by atoms with van der Waals surface area (Å²) in [5.41, 5.74) is 3.66. The lowest BCUT2D eigenvalue weighted by Crippen LogP contribution is -2.08. The molecule has 0 aliphatic carbocycles. The van der Waals surface area contributed by atoms with E-state index in [-0.39, 0.29) is 18.1 Å². The monoisotopic (exact) mass is 386 g/mol. The van der Waals surface area contributed by atoms with Crippen molar-refractivity contribution in [2.45, 2.75) is 25.2 Å². The summed E-state index contributed by atoms with van der Waals surface area (Å²) in [4.78, 5) is 16.7. The summed E-state index contributed by atoms with van der Waals surface area (Å²) in [6.45, 7) is 2.56. The van der Waals surface area contributed by atoms with E-state index in [1.807, 2.05) is 29.7 Å². The van der Waals surface area contributed by atoms with E-state index in [0.29, 0.717) is 17.1 Å². The van der Waals surface area contributed by atoms with Crippen LogP contribution in [0.25, 0.3) is 0 Å². The van der Waals surface area contributed by atoms with Gasteiger partial charge in [-0.2, -0.15) is 0 Å². The van der Waals surface area contributed by atoms with E-state index in [2.05, 4.69) is 11.1 Å². The minimum Gasteiger partial charge on any atom is -0.390 e. The second kappa shape index (κ2) is 8.54. The molecule has 2 aromatic carbocycles. The number of aryl methyl sites for hydroxylation is 1. The maximum Gasteiger partial charge on any atom is 0.173 e. The average Bonchev–Trinajstić information content (AvgIpc) is 3.02. The van der Waals surface area contributed by atoms with E-state index in [9.17, 15) is 9.90 Å². The minimum absolute atomic E-state index is 0.0160. The quantitative estimate of drug-likeness (QED) is 0.484. The number of carbonyl (C=O) groups excluding carboxylic acids is 1. The summed E-state index contributed by atoms with van der Waals surface area (Å²) in [5, 5.41) is 10.9. The van der Waals surface area contributed by atoms with Crippen LogP contribution in [-0.4, -0.2) is 26.2 Å². The number of hydrogen-bond donors (Lipinski definition) is 1. The Morgan fingerprint density at radius 2 is 2.00 bits per heavy atom. The van der Waals surface area contributed by atoms with E-state index in [1.165, 1.54) is 17.3 Å². The van der Waals surface area contributed by atoms with Gasteiger partial charge >= 0.3 is 0 Å². The zero-order valence-electron chi connectivity index (χ0n) is 14.4. The van der Waals surface area contributed by atoms with Crippen LogP contribution in [0.2, 0.25) is 5.02 Å². The van der Waals surface area contributed by atoms with Gasteiger partial charge in [-0.1, -0.05) is 53.2 Å². The number of imidazole rings is 1. The van der Waals surface area contributed by atoms with Crippen LogP contribution < -0.4 is 0 Å². The first-order valence-electron chi connectivity index (χ1n) is 8.19. The molecule has 0 aliphatic heterocycles. The van der Waals surface area contributed by atoms with Gasteiger partial charge < -0.3 is 9.67 Å². The highest BCUT2D eigenvalue weighted by Crippen LogP contribution is 2.22. The topological polar surface area (TPSA) is 55.1 Å². The number of thioether (sulfide) groups is 1. The number of halogens is 1. The Labute approximate surface area is 161 Å². The van der Waals surface area contributed by atoms with Gasteiger partial charge in [0.15, 0.2) is 10.9 Å². The van der Waals surface area contributed by atoms with Crippen LogP contribution in [0, 0.1) is 6.92 Å². The lowest BCUT2D eigenvalue weighted by atomic mass is 10.1. The van der Waals surface area contributed by atoms with Crippen LogP contribution in [-0.2, 0) is 13.2 Å². The van der Waals surface area contributed by atoms with Crippen molar-refractivity contribution in [2.75, 3.05) is 5.75 Å². The number of aromatic nitrogens is 2. The SMILES string of the molecule is Cc1cccc(Cn2c(CO)cnc2SCC(=O)c2ccc(Cl)cc2)c1. The lowest BCUT2D eigenvalue weighted by molar-refractivity contribution is 0.102. The molecule has 4 nitrogen and oxygen atoms in total. The number of benzene rings is 2. The highest BCUT2D eigenvalue weighted by atomic mass is 35.5. The summed E-state index contributed by atoms with van der Waals surface area (Å²) >= 11 is 7.24. The Morgan fingerprint density at radius 1 is 1.23 bits per heavy atom. The number of Topliss-reactive ketones (excluding diaryl/α,β-unsaturated/α-hetero) is 1. The summed E-state index contributed by atoms with van der Waals surface area (Å²) in [7, 11) is 0. The van der Waals surface area contributed by atoms with Crippen LogP contribution in [0.4, 0.5) is 0 Å². The third kappa shape index (κ3) is 4.55. The zero-order chi connectivity index (χ0) is 18.5. The highest BCUT2D eigenvalue weighted by molar-refractivity contribution is 7.99. The standard InChI is InChI=1S/C20H19ClN2O2S/c1-14-3-2-4-15(9-14)11-23-18(12-24)10-22-20(23)26-13-19(25)16-5-7-17(21)8-6-16/h2-10,24H,11-13H2,1H3. The molecule has 3 aromatic rings. The molecule has 6 heteroatoms. The van der Waals surface area contributed by atoms with Gasteiger partial charge in [0.05, 0.1) is 24.3 Å². The van der Waals surface area contributed by atoms with Gasteiger partial charge in [0, 0.05) is 17.1 Å². The molecule has 1 heterocycles. The number of hydrogen-bond acceptors (Lipinski definition) is 4. The number of aliphatic hydroxyl groups excluding tert-OH is 1. The molecule has 0 saturated carbocycles. The predicted octanol–water partition coefficient (Wildman–Crippen LogP) is 4.36. The fraction of sp³-hybridized carbons (Fsp3) is 0.200. The maximum atomic E-state index is 12.4. The molecule has 0 saturated heterocycles. The van der Waals surface area contributed by atoms with E-state index < -0.39 is 0 Å².